The van der Waals surface area contributed by atoms with E-state index in [2.05, 4.69) is 37.8 Å². The summed E-state index contributed by atoms with van der Waals surface area (Å²) in [5, 5.41) is 9.38. The second kappa shape index (κ2) is 7.33. The molecule has 0 bridgehead atoms. The highest BCUT2D eigenvalue weighted by Crippen LogP contribution is 2.29. The highest BCUT2D eigenvalue weighted by molar-refractivity contribution is 7.98. The molecule has 1 aromatic carbocycles. The van der Waals surface area contributed by atoms with E-state index in [0.717, 1.165) is 29.2 Å². The Labute approximate surface area is 115 Å². The van der Waals surface area contributed by atoms with Gasteiger partial charge in [-0.2, -0.15) is 5.26 Å². The van der Waals surface area contributed by atoms with Crippen molar-refractivity contribution in [2.45, 2.75) is 32.1 Å². The third-order valence-electron chi connectivity index (χ3n) is 3.29. The van der Waals surface area contributed by atoms with Crippen LogP contribution in [0.1, 0.15) is 32.8 Å². The van der Waals surface area contributed by atoms with Crippen LogP contribution in [0.4, 0.5) is 5.69 Å². The summed E-state index contributed by atoms with van der Waals surface area (Å²) in [7, 11) is 0. The first-order valence-corrected chi connectivity index (χ1v) is 7.72. The van der Waals surface area contributed by atoms with E-state index in [1.54, 1.807) is 11.8 Å². The van der Waals surface area contributed by atoms with Crippen LogP contribution in [0.15, 0.2) is 23.1 Å². The summed E-state index contributed by atoms with van der Waals surface area (Å²) >= 11 is 1.64. The zero-order valence-electron chi connectivity index (χ0n) is 11.7. The molecule has 0 fully saturated rings. The van der Waals surface area contributed by atoms with Crippen LogP contribution in [-0.4, -0.2) is 19.3 Å². The van der Waals surface area contributed by atoms with Gasteiger partial charge in [0.15, 0.2) is 0 Å². The molecule has 0 aliphatic rings. The molecule has 1 unspecified atom stereocenters. The lowest BCUT2D eigenvalue weighted by Gasteiger charge is -2.27. The smallest absolute Gasteiger partial charge is 0.103 e. The fourth-order valence-electron chi connectivity index (χ4n) is 1.97. The topological polar surface area (TPSA) is 27.0 Å². The molecule has 2 nitrogen and oxygen atoms in total. The molecule has 0 heterocycles. The van der Waals surface area contributed by atoms with Gasteiger partial charge in [-0.25, -0.2) is 0 Å². The van der Waals surface area contributed by atoms with Crippen molar-refractivity contribution in [1.29, 1.82) is 5.26 Å². The molecule has 0 saturated carbocycles. The van der Waals surface area contributed by atoms with Gasteiger partial charge in [-0.05, 0) is 31.2 Å². The second-order valence-corrected chi connectivity index (χ2v) is 5.37. The molecule has 1 aromatic rings. The van der Waals surface area contributed by atoms with Crippen molar-refractivity contribution in [3.63, 3.8) is 0 Å². The minimum Gasteiger partial charge on any atom is -0.370 e. The molecule has 0 aliphatic carbocycles. The fraction of sp³-hybridized carbons (Fsp3) is 0.533. The van der Waals surface area contributed by atoms with E-state index in [0.29, 0.717) is 5.92 Å². The van der Waals surface area contributed by atoms with Crippen molar-refractivity contribution in [2.24, 2.45) is 5.92 Å². The number of anilines is 1. The van der Waals surface area contributed by atoms with Crippen LogP contribution in [0.5, 0.6) is 0 Å². The average Bonchev–Trinajstić information content (AvgIpc) is 2.43. The number of nitrogens with zero attached hydrogens (tertiary/aromatic N) is 2. The lowest BCUT2D eigenvalue weighted by molar-refractivity contribution is 0.547. The summed E-state index contributed by atoms with van der Waals surface area (Å²) in [6, 6.07) is 8.48. The van der Waals surface area contributed by atoms with E-state index < -0.39 is 0 Å². The van der Waals surface area contributed by atoms with E-state index in [9.17, 15) is 5.26 Å². The van der Waals surface area contributed by atoms with E-state index in [1.807, 2.05) is 18.4 Å². The Balaban J connectivity index is 3.09. The quantitative estimate of drug-likeness (QED) is 0.721. The van der Waals surface area contributed by atoms with Gasteiger partial charge in [0.1, 0.15) is 6.07 Å². The van der Waals surface area contributed by atoms with Crippen LogP contribution in [-0.2, 0) is 0 Å². The lowest BCUT2D eigenvalue weighted by Crippen LogP contribution is -2.28. The SMILES string of the molecule is CCC(C)CN(CC)c1cccc(SC)c1C#N. The van der Waals surface area contributed by atoms with E-state index in [4.69, 9.17) is 0 Å². The molecule has 0 saturated heterocycles. The molecule has 3 heteroatoms. The summed E-state index contributed by atoms with van der Waals surface area (Å²) in [4.78, 5) is 3.38. The van der Waals surface area contributed by atoms with Gasteiger partial charge in [-0.1, -0.05) is 26.3 Å². The number of hydrogen-bond acceptors (Lipinski definition) is 3. The van der Waals surface area contributed by atoms with E-state index >= 15 is 0 Å². The van der Waals surface area contributed by atoms with Gasteiger partial charge in [-0.15, -0.1) is 11.8 Å². The molecule has 0 amide bonds. The molecule has 0 N–H and O–H groups in total. The molecule has 0 aliphatic heterocycles. The van der Waals surface area contributed by atoms with Gasteiger partial charge >= 0.3 is 0 Å². The molecule has 1 rings (SSSR count). The van der Waals surface area contributed by atoms with Gasteiger partial charge in [0.2, 0.25) is 0 Å². The highest BCUT2D eigenvalue weighted by atomic mass is 32.2. The third-order valence-corrected chi connectivity index (χ3v) is 4.07. The standard InChI is InChI=1S/C15H22N2S/c1-5-12(3)11-17(6-2)14-8-7-9-15(18-4)13(14)10-16/h7-9,12H,5-6,11H2,1-4H3. The van der Waals surface area contributed by atoms with Gasteiger partial charge in [-0.3, -0.25) is 0 Å². The van der Waals surface area contributed by atoms with Crippen molar-refractivity contribution in [3.05, 3.63) is 23.8 Å². The van der Waals surface area contributed by atoms with Crippen LogP contribution in [0.25, 0.3) is 0 Å². The molecule has 18 heavy (non-hydrogen) atoms. The maximum absolute atomic E-state index is 9.38. The van der Waals surface area contributed by atoms with Crippen LogP contribution in [0, 0.1) is 17.2 Å². The maximum Gasteiger partial charge on any atom is 0.103 e. The molecule has 98 valence electrons. The zero-order chi connectivity index (χ0) is 13.5. The Kier molecular flexibility index (Phi) is 6.07. The maximum atomic E-state index is 9.38. The summed E-state index contributed by atoms with van der Waals surface area (Å²) in [6.07, 6.45) is 3.19. The summed E-state index contributed by atoms with van der Waals surface area (Å²) in [6.45, 7) is 8.57. The van der Waals surface area contributed by atoms with Crippen LogP contribution in [0.2, 0.25) is 0 Å². The minimum absolute atomic E-state index is 0.648. The predicted octanol–water partition coefficient (Wildman–Crippen LogP) is 4.15. The first kappa shape index (κ1) is 14.9. The van der Waals surface area contributed by atoms with E-state index in [1.165, 1.54) is 6.42 Å². The second-order valence-electron chi connectivity index (χ2n) is 4.52. The first-order chi connectivity index (χ1) is 8.67. The molecule has 0 spiro atoms. The van der Waals surface area contributed by atoms with Crippen molar-refractivity contribution in [2.75, 3.05) is 24.2 Å². The first-order valence-electron chi connectivity index (χ1n) is 6.49. The Morgan fingerprint density at radius 2 is 2.11 bits per heavy atom. The van der Waals surface area contributed by atoms with Crippen molar-refractivity contribution in [1.82, 2.24) is 0 Å². The Morgan fingerprint density at radius 3 is 2.61 bits per heavy atom. The monoisotopic (exact) mass is 262 g/mol. The Hall–Kier alpha value is -1.14. The van der Waals surface area contributed by atoms with Gasteiger partial charge in [0.25, 0.3) is 0 Å². The lowest BCUT2D eigenvalue weighted by atomic mass is 10.1. The van der Waals surface area contributed by atoms with Crippen LogP contribution in [0.3, 0.4) is 0 Å². The summed E-state index contributed by atoms with van der Waals surface area (Å²) in [5.74, 6) is 0.648. The molecule has 1 atom stereocenters. The predicted molar refractivity (Wildman–Crippen MR) is 80.3 cm³/mol. The minimum atomic E-state index is 0.648. The largest absolute Gasteiger partial charge is 0.370 e. The van der Waals surface area contributed by atoms with Crippen LogP contribution >= 0.6 is 11.8 Å². The normalized spacial score (nSPS) is 11.9. The number of nitriles is 1. The molecule has 0 radical (unpaired) electrons. The Morgan fingerprint density at radius 1 is 1.39 bits per heavy atom. The zero-order valence-corrected chi connectivity index (χ0v) is 12.5. The van der Waals surface area contributed by atoms with Crippen LogP contribution < -0.4 is 4.90 Å². The van der Waals surface area contributed by atoms with Crippen molar-refractivity contribution in [3.8, 4) is 6.07 Å². The average molecular weight is 262 g/mol. The van der Waals surface area contributed by atoms with Crippen molar-refractivity contribution >= 4 is 17.4 Å². The van der Waals surface area contributed by atoms with E-state index in [-0.39, 0.29) is 0 Å². The number of rotatable bonds is 6. The van der Waals surface area contributed by atoms with Gasteiger partial charge in [0.05, 0.1) is 11.3 Å². The summed E-state index contributed by atoms with van der Waals surface area (Å²) in [5.41, 5.74) is 1.89. The molecular weight excluding hydrogens is 240 g/mol. The van der Waals surface area contributed by atoms with Crippen molar-refractivity contribution < 1.29 is 0 Å². The number of benzene rings is 1. The number of thioether (sulfide) groups is 1. The highest BCUT2D eigenvalue weighted by Gasteiger charge is 2.14. The van der Waals surface area contributed by atoms with Gasteiger partial charge < -0.3 is 4.90 Å². The molecular formula is C15H22N2S. The van der Waals surface area contributed by atoms with Gasteiger partial charge in [0, 0.05) is 18.0 Å². The fourth-order valence-corrected chi connectivity index (χ4v) is 2.54. The molecule has 0 aromatic heterocycles. The Bertz CT molecular complexity index is 423. The summed E-state index contributed by atoms with van der Waals surface area (Å²) < 4.78 is 0. The number of hydrogen-bond donors (Lipinski definition) is 0. The third kappa shape index (κ3) is 3.43.